The van der Waals surface area contributed by atoms with E-state index in [9.17, 15) is 5.11 Å². The third-order valence-corrected chi connectivity index (χ3v) is 3.81. The highest BCUT2D eigenvalue weighted by Crippen LogP contribution is 2.31. The Labute approximate surface area is 109 Å². The van der Waals surface area contributed by atoms with E-state index in [0.29, 0.717) is 0 Å². The first-order valence-electron chi connectivity index (χ1n) is 6.89. The van der Waals surface area contributed by atoms with Gasteiger partial charge in [0.05, 0.1) is 24.0 Å². The van der Waals surface area contributed by atoms with E-state index in [1.165, 1.54) is 12.8 Å². The highest BCUT2D eigenvalue weighted by atomic mass is 16.3. The van der Waals surface area contributed by atoms with Crippen LogP contribution in [0.2, 0.25) is 0 Å². The van der Waals surface area contributed by atoms with E-state index >= 15 is 0 Å². The minimum atomic E-state index is 0.177. The second kappa shape index (κ2) is 5.61. The summed E-state index contributed by atoms with van der Waals surface area (Å²) in [5.74, 6) is 0.996. The number of rotatable bonds is 3. The number of hydrogen-bond donors (Lipinski definition) is 2. The van der Waals surface area contributed by atoms with Crippen molar-refractivity contribution in [3.05, 3.63) is 5.69 Å². The number of nitrogens with two attached hydrogens (primary N) is 1. The van der Waals surface area contributed by atoms with Crippen LogP contribution in [0, 0.1) is 6.92 Å². The SMILES string of the molecule is CCn1nc(C)c(N)c1N1CCCCCC1CO. The smallest absolute Gasteiger partial charge is 0.150 e. The number of aliphatic hydroxyl groups excluding tert-OH is 1. The Morgan fingerprint density at radius 3 is 2.83 bits per heavy atom. The largest absolute Gasteiger partial charge is 0.394 e. The van der Waals surface area contributed by atoms with Gasteiger partial charge >= 0.3 is 0 Å². The molecule has 0 aliphatic carbocycles. The van der Waals surface area contributed by atoms with Crippen molar-refractivity contribution in [3.8, 4) is 0 Å². The molecule has 1 saturated heterocycles. The molecule has 0 saturated carbocycles. The van der Waals surface area contributed by atoms with E-state index in [4.69, 9.17) is 5.73 Å². The minimum absolute atomic E-state index is 0.177. The predicted molar refractivity (Wildman–Crippen MR) is 73.7 cm³/mol. The number of hydrogen-bond acceptors (Lipinski definition) is 4. The zero-order valence-corrected chi connectivity index (χ0v) is 11.4. The van der Waals surface area contributed by atoms with Gasteiger partial charge in [-0.15, -0.1) is 0 Å². The Morgan fingerprint density at radius 1 is 1.39 bits per heavy atom. The number of nitrogens with zero attached hydrogens (tertiary/aromatic N) is 3. The quantitative estimate of drug-likeness (QED) is 0.856. The van der Waals surface area contributed by atoms with Crippen LogP contribution in [0.15, 0.2) is 0 Å². The van der Waals surface area contributed by atoms with Crippen molar-refractivity contribution in [3.63, 3.8) is 0 Å². The summed E-state index contributed by atoms with van der Waals surface area (Å²) >= 11 is 0. The average Bonchev–Trinajstić information content (AvgIpc) is 2.58. The normalized spacial score (nSPS) is 21.1. The van der Waals surface area contributed by atoms with Crippen LogP contribution in [-0.4, -0.2) is 34.1 Å². The van der Waals surface area contributed by atoms with Crippen LogP contribution in [-0.2, 0) is 6.54 Å². The van der Waals surface area contributed by atoms with Crippen molar-refractivity contribution in [2.75, 3.05) is 23.8 Å². The molecule has 1 aromatic rings. The molecule has 1 atom stereocenters. The first kappa shape index (κ1) is 13.2. The monoisotopic (exact) mass is 252 g/mol. The summed E-state index contributed by atoms with van der Waals surface area (Å²) in [5.41, 5.74) is 7.81. The van der Waals surface area contributed by atoms with Gasteiger partial charge < -0.3 is 15.7 Å². The molecular formula is C13H24N4O. The molecule has 0 amide bonds. The third-order valence-electron chi connectivity index (χ3n) is 3.81. The van der Waals surface area contributed by atoms with Gasteiger partial charge in [0.1, 0.15) is 0 Å². The van der Waals surface area contributed by atoms with Gasteiger partial charge in [0.2, 0.25) is 0 Å². The molecule has 18 heavy (non-hydrogen) atoms. The van der Waals surface area contributed by atoms with Crippen LogP contribution in [0.25, 0.3) is 0 Å². The Hall–Kier alpha value is -1.23. The Kier molecular flexibility index (Phi) is 4.11. The second-order valence-corrected chi connectivity index (χ2v) is 5.02. The molecule has 2 heterocycles. The molecule has 1 aromatic heterocycles. The molecule has 0 aromatic carbocycles. The zero-order valence-electron chi connectivity index (χ0n) is 11.4. The van der Waals surface area contributed by atoms with Crippen LogP contribution in [0.5, 0.6) is 0 Å². The highest BCUT2D eigenvalue weighted by Gasteiger charge is 2.26. The lowest BCUT2D eigenvalue weighted by Crippen LogP contribution is -2.39. The van der Waals surface area contributed by atoms with E-state index in [0.717, 1.165) is 43.1 Å². The summed E-state index contributed by atoms with van der Waals surface area (Å²) in [4.78, 5) is 2.26. The molecule has 1 aliphatic heterocycles. The number of aromatic nitrogens is 2. The van der Waals surface area contributed by atoms with E-state index in [-0.39, 0.29) is 12.6 Å². The number of aliphatic hydroxyl groups is 1. The van der Waals surface area contributed by atoms with Crippen molar-refractivity contribution in [2.24, 2.45) is 0 Å². The first-order chi connectivity index (χ1) is 8.69. The fraction of sp³-hybridized carbons (Fsp3) is 0.769. The predicted octanol–water partition coefficient (Wildman–Crippen LogP) is 1.53. The van der Waals surface area contributed by atoms with Crippen LogP contribution in [0.1, 0.15) is 38.3 Å². The zero-order chi connectivity index (χ0) is 13.1. The van der Waals surface area contributed by atoms with Gasteiger partial charge in [-0.25, -0.2) is 4.68 Å². The summed E-state index contributed by atoms with van der Waals surface area (Å²) in [7, 11) is 0. The molecule has 1 fully saturated rings. The summed E-state index contributed by atoms with van der Waals surface area (Å²) in [5, 5.41) is 14.1. The highest BCUT2D eigenvalue weighted by molar-refractivity contribution is 5.66. The van der Waals surface area contributed by atoms with Gasteiger partial charge in [0, 0.05) is 13.1 Å². The van der Waals surface area contributed by atoms with E-state index in [1.54, 1.807) is 0 Å². The Bertz CT molecular complexity index is 402. The van der Waals surface area contributed by atoms with Gasteiger partial charge in [-0.05, 0) is 26.7 Å². The van der Waals surface area contributed by atoms with Gasteiger partial charge in [-0.1, -0.05) is 12.8 Å². The second-order valence-electron chi connectivity index (χ2n) is 5.02. The molecule has 2 rings (SSSR count). The molecule has 0 spiro atoms. The molecule has 1 unspecified atom stereocenters. The molecule has 5 nitrogen and oxygen atoms in total. The third kappa shape index (κ3) is 2.32. The van der Waals surface area contributed by atoms with Crippen LogP contribution in [0.4, 0.5) is 11.5 Å². The topological polar surface area (TPSA) is 67.3 Å². The maximum Gasteiger partial charge on any atom is 0.150 e. The van der Waals surface area contributed by atoms with E-state index < -0.39 is 0 Å². The first-order valence-corrected chi connectivity index (χ1v) is 6.89. The van der Waals surface area contributed by atoms with Crippen LogP contribution < -0.4 is 10.6 Å². The molecule has 3 N–H and O–H groups in total. The van der Waals surface area contributed by atoms with Crippen molar-refractivity contribution < 1.29 is 5.11 Å². The van der Waals surface area contributed by atoms with Crippen molar-refractivity contribution in [2.45, 2.75) is 52.1 Å². The van der Waals surface area contributed by atoms with Gasteiger partial charge in [-0.2, -0.15) is 5.10 Å². The number of aryl methyl sites for hydroxylation is 2. The summed E-state index contributed by atoms with van der Waals surface area (Å²) in [6, 6.07) is 0.177. The molecular weight excluding hydrogens is 228 g/mol. The minimum Gasteiger partial charge on any atom is -0.394 e. The standard InChI is InChI=1S/C13H24N4O/c1-3-17-13(12(14)10(2)15-17)16-8-6-4-5-7-11(16)9-18/h11,18H,3-9,14H2,1-2H3. The number of nitrogen functional groups attached to an aromatic ring is 1. The maximum atomic E-state index is 9.60. The molecule has 102 valence electrons. The van der Waals surface area contributed by atoms with Crippen molar-refractivity contribution in [1.82, 2.24) is 9.78 Å². The molecule has 1 aliphatic rings. The van der Waals surface area contributed by atoms with Crippen molar-refractivity contribution >= 4 is 11.5 Å². The Morgan fingerprint density at radius 2 is 2.17 bits per heavy atom. The lowest BCUT2D eigenvalue weighted by molar-refractivity contribution is 0.254. The van der Waals surface area contributed by atoms with Gasteiger partial charge in [-0.3, -0.25) is 0 Å². The molecule has 0 radical (unpaired) electrons. The fourth-order valence-electron chi connectivity index (χ4n) is 2.75. The molecule has 5 heteroatoms. The van der Waals surface area contributed by atoms with Gasteiger partial charge in [0.15, 0.2) is 5.82 Å². The average molecular weight is 252 g/mol. The number of anilines is 2. The van der Waals surface area contributed by atoms with Gasteiger partial charge in [0.25, 0.3) is 0 Å². The van der Waals surface area contributed by atoms with E-state index in [1.807, 2.05) is 11.6 Å². The maximum absolute atomic E-state index is 9.60. The lowest BCUT2D eigenvalue weighted by Gasteiger charge is -2.31. The fourth-order valence-corrected chi connectivity index (χ4v) is 2.75. The van der Waals surface area contributed by atoms with Crippen LogP contribution >= 0.6 is 0 Å². The van der Waals surface area contributed by atoms with Crippen LogP contribution in [0.3, 0.4) is 0 Å². The molecule has 0 bridgehead atoms. The summed E-state index contributed by atoms with van der Waals surface area (Å²) in [6.45, 7) is 5.97. The Balaban J connectivity index is 2.37. The summed E-state index contributed by atoms with van der Waals surface area (Å²) in [6.07, 6.45) is 4.60. The summed E-state index contributed by atoms with van der Waals surface area (Å²) < 4.78 is 1.96. The lowest BCUT2D eigenvalue weighted by atomic mass is 10.1. The van der Waals surface area contributed by atoms with Crippen molar-refractivity contribution in [1.29, 1.82) is 0 Å². The van der Waals surface area contributed by atoms with E-state index in [2.05, 4.69) is 16.9 Å².